The molecule has 1 aliphatic heterocycles. The Kier molecular flexibility index (Phi) is 4.77. The van der Waals surface area contributed by atoms with Crippen LogP contribution in [0.1, 0.15) is 35.8 Å². The maximum atomic E-state index is 11.0. The fourth-order valence-corrected chi connectivity index (χ4v) is 2.60. The Labute approximate surface area is 124 Å². The van der Waals surface area contributed by atoms with Crippen LogP contribution in [0, 0.1) is 12.8 Å². The van der Waals surface area contributed by atoms with E-state index >= 15 is 0 Å². The van der Waals surface area contributed by atoms with Crippen molar-refractivity contribution in [1.29, 1.82) is 0 Å². The van der Waals surface area contributed by atoms with Crippen LogP contribution in [0.25, 0.3) is 0 Å². The SMILES string of the molecule is CC(=O)NCC1CCN(c2ccc(C(=O)O)c(C)n2)CC1. The minimum atomic E-state index is -0.944. The van der Waals surface area contributed by atoms with E-state index in [2.05, 4.69) is 15.2 Å². The monoisotopic (exact) mass is 291 g/mol. The van der Waals surface area contributed by atoms with Gasteiger partial charge in [0.25, 0.3) is 0 Å². The van der Waals surface area contributed by atoms with Crippen molar-refractivity contribution in [2.24, 2.45) is 5.92 Å². The number of anilines is 1. The van der Waals surface area contributed by atoms with Gasteiger partial charge in [0.05, 0.1) is 11.3 Å². The third-order valence-electron chi connectivity index (χ3n) is 3.88. The second-order valence-electron chi connectivity index (χ2n) is 5.48. The molecule has 1 fully saturated rings. The van der Waals surface area contributed by atoms with Gasteiger partial charge in [0.1, 0.15) is 5.82 Å². The number of piperidine rings is 1. The van der Waals surface area contributed by atoms with Crippen molar-refractivity contribution in [3.63, 3.8) is 0 Å². The number of amides is 1. The molecule has 0 spiro atoms. The van der Waals surface area contributed by atoms with Crippen LogP contribution >= 0.6 is 0 Å². The molecule has 2 heterocycles. The Morgan fingerprint density at radius 1 is 1.38 bits per heavy atom. The summed E-state index contributed by atoms with van der Waals surface area (Å²) >= 11 is 0. The van der Waals surface area contributed by atoms with Crippen molar-refractivity contribution >= 4 is 17.7 Å². The molecule has 0 radical (unpaired) electrons. The van der Waals surface area contributed by atoms with Crippen LogP contribution in [-0.4, -0.2) is 41.6 Å². The summed E-state index contributed by atoms with van der Waals surface area (Å²) in [6.07, 6.45) is 2.00. The maximum Gasteiger partial charge on any atom is 0.337 e. The predicted octanol–water partition coefficient (Wildman–Crippen LogP) is 1.44. The van der Waals surface area contributed by atoms with E-state index in [1.54, 1.807) is 19.1 Å². The lowest BCUT2D eigenvalue weighted by molar-refractivity contribution is -0.119. The van der Waals surface area contributed by atoms with Crippen molar-refractivity contribution < 1.29 is 14.7 Å². The molecule has 6 heteroatoms. The van der Waals surface area contributed by atoms with Crippen molar-refractivity contribution in [2.75, 3.05) is 24.5 Å². The molecule has 0 saturated carbocycles. The van der Waals surface area contributed by atoms with Gasteiger partial charge in [0, 0.05) is 26.6 Å². The van der Waals surface area contributed by atoms with E-state index in [4.69, 9.17) is 5.11 Å². The molecule has 0 unspecified atom stereocenters. The summed E-state index contributed by atoms with van der Waals surface area (Å²) in [4.78, 5) is 28.5. The van der Waals surface area contributed by atoms with Crippen LogP contribution in [0.2, 0.25) is 0 Å². The van der Waals surface area contributed by atoms with Gasteiger partial charge >= 0.3 is 5.97 Å². The third-order valence-corrected chi connectivity index (χ3v) is 3.88. The van der Waals surface area contributed by atoms with Gasteiger partial charge in [-0.1, -0.05) is 0 Å². The van der Waals surface area contributed by atoms with Gasteiger partial charge in [-0.25, -0.2) is 9.78 Å². The number of carbonyl (C=O) groups excluding carboxylic acids is 1. The first-order valence-electron chi connectivity index (χ1n) is 7.17. The highest BCUT2D eigenvalue weighted by Gasteiger charge is 2.21. The Morgan fingerprint density at radius 3 is 2.57 bits per heavy atom. The van der Waals surface area contributed by atoms with E-state index < -0.39 is 5.97 Å². The highest BCUT2D eigenvalue weighted by molar-refractivity contribution is 5.89. The summed E-state index contributed by atoms with van der Waals surface area (Å²) < 4.78 is 0. The lowest BCUT2D eigenvalue weighted by atomic mass is 9.96. The predicted molar refractivity (Wildman–Crippen MR) is 79.6 cm³/mol. The maximum absolute atomic E-state index is 11.0. The van der Waals surface area contributed by atoms with E-state index in [-0.39, 0.29) is 11.5 Å². The molecule has 114 valence electrons. The first kappa shape index (κ1) is 15.3. The molecule has 21 heavy (non-hydrogen) atoms. The molecule has 1 aromatic rings. The second-order valence-corrected chi connectivity index (χ2v) is 5.48. The van der Waals surface area contributed by atoms with Crippen LogP contribution in [0.15, 0.2) is 12.1 Å². The average Bonchev–Trinajstić information content (AvgIpc) is 2.45. The average molecular weight is 291 g/mol. The van der Waals surface area contributed by atoms with Crippen LogP contribution in [0.3, 0.4) is 0 Å². The van der Waals surface area contributed by atoms with Crippen LogP contribution in [0.4, 0.5) is 5.82 Å². The molecule has 1 aromatic heterocycles. The van der Waals surface area contributed by atoms with Gasteiger partial charge < -0.3 is 15.3 Å². The number of nitrogens with one attached hydrogen (secondary N) is 1. The summed E-state index contributed by atoms with van der Waals surface area (Å²) in [5, 5.41) is 11.9. The van der Waals surface area contributed by atoms with E-state index in [9.17, 15) is 9.59 Å². The standard InChI is InChI=1S/C15H21N3O3/c1-10-13(15(20)21)3-4-14(17-10)18-7-5-12(6-8-18)9-16-11(2)19/h3-4,12H,5-9H2,1-2H3,(H,16,19)(H,20,21). The molecule has 1 amide bonds. The Hall–Kier alpha value is -2.11. The topological polar surface area (TPSA) is 82.5 Å². The summed E-state index contributed by atoms with van der Waals surface area (Å²) in [6.45, 7) is 5.74. The Bertz CT molecular complexity index is 537. The number of hydrogen-bond acceptors (Lipinski definition) is 4. The lowest BCUT2D eigenvalue weighted by Crippen LogP contribution is -2.38. The van der Waals surface area contributed by atoms with Gasteiger partial charge in [-0.3, -0.25) is 4.79 Å². The minimum Gasteiger partial charge on any atom is -0.478 e. The molecular formula is C15H21N3O3. The van der Waals surface area contributed by atoms with Gasteiger partial charge in [-0.05, 0) is 37.8 Å². The van der Waals surface area contributed by atoms with Crippen molar-refractivity contribution in [1.82, 2.24) is 10.3 Å². The third kappa shape index (κ3) is 3.93. The van der Waals surface area contributed by atoms with E-state index in [1.807, 2.05) is 0 Å². The summed E-state index contributed by atoms with van der Waals surface area (Å²) in [7, 11) is 0. The number of aromatic carboxylic acids is 1. The number of hydrogen-bond donors (Lipinski definition) is 2. The molecule has 6 nitrogen and oxygen atoms in total. The quantitative estimate of drug-likeness (QED) is 0.877. The molecule has 0 atom stereocenters. The van der Waals surface area contributed by atoms with Crippen LogP contribution < -0.4 is 10.2 Å². The molecule has 1 aliphatic rings. The van der Waals surface area contributed by atoms with E-state index in [0.29, 0.717) is 11.6 Å². The molecule has 0 aliphatic carbocycles. The summed E-state index contributed by atoms with van der Waals surface area (Å²) in [5.74, 6) is 0.402. The van der Waals surface area contributed by atoms with Gasteiger partial charge in [-0.15, -0.1) is 0 Å². The van der Waals surface area contributed by atoms with E-state index in [0.717, 1.165) is 38.3 Å². The first-order chi connectivity index (χ1) is 9.97. The zero-order chi connectivity index (χ0) is 15.4. The van der Waals surface area contributed by atoms with Crippen molar-refractivity contribution in [3.05, 3.63) is 23.4 Å². The highest BCUT2D eigenvalue weighted by atomic mass is 16.4. The van der Waals surface area contributed by atoms with Crippen LogP contribution in [-0.2, 0) is 4.79 Å². The number of carboxylic acids is 1. The van der Waals surface area contributed by atoms with Crippen molar-refractivity contribution in [3.8, 4) is 0 Å². The number of nitrogens with zero attached hydrogens (tertiary/aromatic N) is 2. The van der Waals surface area contributed by atoms with E-state index in [1.165, 1.54) is 6.92 Å². The number of pyridine rings is 1. The molecule has 2 N–H and O–H groups in total. The fraction of sp³-hybridized carbons (Fsp3) is 0.533. The summed E-state index contributed by atoms with van der Waals surface area (Å²) in [6, 6.07) is 3.38. The minimum absolute atomic E-state index is 0.0129. The number of aryl methyl sites for hydroxylation is 1. The van der Waals surface area contributed by atoms with Gasteiger partial charge in [0.2, 0.25) is 5.91 Å². The second kappa shape index (κ2) is 6.56. The van der Waals surface area contributed by atoms with Gasteiger partial charge in [-0.2, -0.15) is 0 Å². The largest absolute Gasteiger partial charge is 0.478 e. The Balaban J connectivity index is 1.94. The fourth-order valence-electron chi connectivity index (χ4n) is 2.60. The normalized spacial score (nSPS) is 15.8. The highest BCUT2D eigenvalue weighted by Crippen LogP contribution is 2.22. The molecule has 1 saturated heterocycles. The molecule has 0 aromatic carbocycles. The lowest BCUT2D eigenvalue weighted by Gasteiger charge is -2.33. The molecule has 0 bridgehead atoms. The Morgan fingerprint density at radius 2 is 2.05 bits per heavy atom. The number of aromatic nitrogens is 1. The van der Waals surface area contributed by atoms with Crippen molar-refractivity contribution in [2.45, 2.75) is 26.7 Å². The first-order valence-corrected chi connectivity index (χ1v) is 7.17. The zero-order valence-electron chi connectivity index (χ0n) is 12.4. The number of carbonyl (C=O) groups is 2. The number of carboxylic acid groups (broad SMARTS) is 1. The molecular weight excluding hydrogens is 270 g/mol. The van der Waals surface area contributed by atoms with Crippen LogP contribution in [0.5, 0.6) is 0 Å². The smallest absolute Gasteiger partial charge is 0.337 e. The van der Waals surface area contributed by atoms with Gasteiger partial charge in [0.15, 0.2) is 0 Å². The number of rotatable bonds is 4. The molecule has 2 rings (SSSR count). The summed E-state index contributed by atoms with van der Waals surface area (Å²) in [5.41, 5.74) is 0.791. The zero-order valence-corrected chi connectivity index (χ0v) is 12.4.